The van der Waals surface area contributed by atoms with Crippen molar-refractivity contribution in [2.24, 2.45) is 0 Å². The van der Waals surface area contributed by atoms with Crippen molar-refractivity contribution in [1.82, 2.24) is 10.3 Å². The lowest BCUT2D eigenvalue weighted by Gasteiger charge is -2.11. The highest BCUT2D eigenvalue weighted by atomic mass is 35.5. The highest BCUT2D eigenvalue weighted by Crippen LogP contribution is 2.35. The Bertz CT molecular complexity index is 578. The minimum atomic E-state index is 0.625. The molecule has 0 aliphatic rings. The summed E-state index contributed by atoms with van der Waals surface area (Å²) in [5.74, 6) is 0. The zero-order valence-electron chi connectivity index (χ0n) is 11.6. The lowest BCUT2D eigenvalue weighted by atomic mass is 10.2. The second-order valence-corrected chi connectivity index (χ2v) is 6.19. The van der Waals surface area contributed by atoms with Gasteiger partial charge >= 0.3 is 0 Å². The summed E-state index contributed by atoms with van der Waals surface area (Å²) in [6, 6.07) is 9.61. The number of aromatic nitrogens is 1. The lowest BCUT2D eigenvalue weighted by Crippen LogP contribution is -2.18. The Morgan fingerprint density at radius 3 is 2.81 bits per heavy atom. The van der Waals surface area contributed by atoms with Crippen LogP contribution >= 0.6 is 35.0 Å². The predicted octanol–water partition coefficient (Wildman–Crippen LogP) is 4.28. The number of nitrogens with zero attached hydrogens (tertiary/aromatic N) is 1. The first-order valence-electron chi connectivity index (χ1n) is 6.47. The zero-order valence-corrected chi connectivity index (χ0v) is 13.9. The highest BCUT2D eigenvalue weighted by Gasteiger charge is 2.09. The highest BCUT2D eigenvalue weighted by molar-refractivity contribution is 7.99. The van der Waals surface area contributed by atoms with Crippen LogP contribution in [0.25, 0.3) is 0 Å². The molecule has 0 aliphatic carbocycles. The normalized spacial score (nSPS) is 10.8. The molecule has 1 aromatic carbocycles. The fourth-order valence-electron chi connectivity index (χ4n) is 1.73. The fraction of sp³-hybridized carbons (Fsp3) is 0.267. The molecule has 0 fully saturated rings. The largest absolute Gasteiger partial charge is 0.383 e. The number of ether oxygens (including phenoxy) is 1. The SMILES string of the molecule is COCCNCc1cccc(Cl)c1Sc1ccc(Cl)cn1. The molecule has 21 heavy (non-hydrogen) atoms. The monoisotopic (exact) mass is 342 g/mol. The Labute approximate surface area is 139 Å². The molecule has 0 atom stereocenters. The topological polar surface area (TPSA) is 34.1 Å². The number of pyridine rings is 1. The van der Waals surface area contributed by atoms with E-state index in [1.165, 1.54) is 0 Å². The summed E-state index contributed by atoms with van der Waals surface area (Å²) >= 11 is 13.7. The Hall–Kier alpha value is -0.780. The molecule has 1 heterocycles. The van der Waals surface area contributed by atoms with Gasteiger partial charge in [-0.2, -0.15) is 0 Å². The van der Waals surface area contributed by atoms with E-state index in [1.54, 1.807) is 25.1 Å². The van der Waals surface area contributed by atoms with E-state index in [9.17, 15) is 0 Å². The average molecular weight is 343 g/mol. The van der Waals surface area contributed by atoms with Gasteiger partial charge in [-0.3, -0.25) is 0 Å². The molecule has 1 N–H and O–H groups in total. The summed E-state index contributed by atoms with van der Waals surface area (Å²) in [6.07, 6.45) is 1.64. The van der Waals surface area contributed by atoms with Crippen LogP contribution in [0.3, 0.4) is 0 Å². The first-order chi connectivity index (χ1) is 10.2. The van der Waals surface area contributed by atoms with Crippen molar-refractivity contribution >= 4 is 35.0 Å². The van der Waals surface area contributed by atoms with Crippen LogP contribution < -0.4 is 5.32 Å². The van der Waals surface area contributed by atoms with Crippen LogP contribution in [0.1, 0.15) is 5.56 Å². The first kappa shape index (κ1) is 16.6. The molecule has 2 rings (SSSR count). The molecule has 0 aliphatic heterocycles. The summed E-state index contributed by atoms with van der Waals surface area (Å²) in [7, 11) is 1.69. The molecule has 0 amide bonds. The molecular formula is C15H16Cl2N2OS. The summed E-state index contributed by atoms with van der Waals surface area (Å²) < 4.78 is 5.02. The molecule has 6 heteroatoms. The van der Waals surface area contributed by atoms with Gasteiger partial charge in [-0.15, -0.1) is 0 Å². The van der Waals surface area contributed by atoms with Crippen LogP contribution in [0, 0.1) is 0 Å². The van der Waals surface area contributed by atoms with Crippen molar-refractivity contribution in [3.8, 4) is 0 Å². The predicted molar refractivity (Wildman–Crippen MR) is 88.4 cm³/mol. The number of methoxy groups -OCH3 is 1. The lowest BCUT2D eigenvalue weighted by molar-refractivity contribution is 0.199. The van der Waals surface area contributed by atoms with Gasteiger partial charge in [0.25, 0.3) is 0 Å². The molecule has 0 unspecified atom stereocenters. The summed E-state index contributed by atoms with van der Waals surface area (Å²) in [5.41, 5.74) is 1.14. The van der Waals surface area contributed by atoms with E-state index in [0.29, 0.717) is 11.6 Å². The maximum atomic E-state index is 6.32. The van der Waals surface area contributed by atoms with Gasteiger partial charge in [-0.1, -0.05) is 47.1 Å². The van der Waals surface area contributed by atoms with Crippen molar-refractivity contribution in [1.29, 1.82) is 0 Å². The van der Waals surface area contributed by atoms with Crippen LogP contribution in [0.4, 0.5) is 0 Å². The summed E-state index contributed by atoms with van der Waals surface area (Å²) in [4.78, 5) is 5.31. The van der Waals surface area contributed by atoms with E-state index in [4.69, 9.17) is 27.9 Å². The molecular weight excluding hydrogens is 327 g/mol. The van der Waals surface area contributed by atoms with E-state index in [1.807, 2.05) is 24.3 Å². The van der Waals surface area contributed by atoms with Crippen LogP contribution in [-0.4, -0.2) is 25.2 Å². The molecule has 0 saturated heterocycles. The van der Waals surface area contributed by atoms with E-state index in [2.05, 4.69) is 16.4 Å². The number of halogens is 2. The smallest absolute Gasteiger partial charge is 0.101 e. The van der Waals surface area contributed by atoms with Crippen LogP contribution in [-0.2, 0) is 11.3 Å². The second-order valence-electron chi connectivity index (χ2n) is 4.31. The molecule has 0 bridgehead atoms. The molecule has 0 spiro atoms. The Morgan fingerprint density at radius 1 is 1.24 bits per heavy atom. The third-order valence-electron chi connectivity index (χ3n) is 2.75. The maximum absolute atomic E-state index is 6.32. The van der Waals surface area contributed by atoms with Gasteiger partial charge in [0.05, 0.1) is 16.7 Å². The van der Waals surface area contributed by atoms with Crippen LogP contribution in [0.15, 0.2) is 46.5 Å². The molecule has 1 aromatic heterocycles. The Morgan fingerprint density at radius 2 is 2.10 bits per heavy atom. The quantitative estimate of drug-likeness (QED) is 0.761. The van der Waals surface area contributed by atoms with E-state index in [0.717, 1.165) is 33.6 Å². The Kier molecular flexibility index (Phi) is 6.80. The molecule has 3 nitrogen and oxygen atoms in total. The van der Waals surface area contributed by atoms with Crippen molar-refractivity contribution in [2.75, 3.05) is 20.3 Å². The van der Waals surface area contributed by atoms with Gasteiger partial charge < -0.3 is 10.1 Å². The maximum Gasteiger partial charge on any atom is 0.101 e. The van der Waals surface area contributed by atoms with Gasteiger partial charge in [0.2, 0.25) is 0 Å². The Balaban J connectivity index is 2.11. The van der Waals surface area contributed by atoms with E-state index in [-0.39, 0.29) is 0 Å². The first-order valence-corrected chi connectivity index (χ1v) is 8.04. The van der Waals surface area contributed by atoms with Gasteiger partial charge in [-0.25, -0.2) is 4.98 Å². The standard InChI is InChI=1S/C15H16Cl2N2OS/c1-20-8-7-18-9-11-3-2-4-13(17)15(11)21-14-6-5-12(16)10-19-14/h2-6,10,18H,7-9H2,1H3. The van der Waals surface area contributed by atoms with Crippen molar-refractivity contribution < 1.29 is 4.74 Å². The van der Waals surface area contributed by atoms with Crippen molar-refractivity contribution in [3.05, 3.63) is 52.1 Å². The summed E-state index contributed by atoms with van der Waals surface area (Å²) in [5, 5.41) is 5.54. The van der Waals surface area contributed by atoms with Gasteiger partial charge in [0.1, 0.15) is 5.03 Å². The third-order valence-corrected chi connectivity index (χ3v) is 4.54. The molecule has 0 radical (unpaired) electrons. The average Bonchev–Trinajstić information content (AvgIpc) is 2.49. The number of hydrogen-bond acceptors (Lipinski definition) is 4. The second kappa shape index (κ2) is 8.61. The molecule has 0 saturated carbocycles. The minimum absolute atomic E-state index is 0.625. The van der Waals surface area contributed by atoms with E-state index >= 15 is 0 Å². The van der Waals surface area contributed by atoms with Crippen LogP contribution in [0.2, 0.25) is 10.0 Å². The van der Waals surface area contributed by atoms with Crippen LogP contribution in [0.5, 0.6) is 0 Å². The zero-order chi connectivity index (χ0) is 15.1. The van der Waals surface area contributed by atoms with Gasteiger partial charge in [0, 0.05) is 31.3 Å². The third kappa shape index (κ3) is 5.16. The number of hydrogen-bond donors (Lipinski definition) is 1. The van der Waals surface area contributed by atoms with Gasteiger partial charge in [0.15, 0.2) is 0 Å². The molecule has 2 aromatic rings. The van der Waals surface area contributed by atoms with E-state index < -0.39 is 0 Å². The summed E-state index contributed by atoms with van der Waals surface area (Å²) in [6.45, 7) is 2.22. The van der Waals surface area contributed by atoms with Crippen molar-refractivity contribution in [3.63, 3.8) is 0 Å². The number of rotatable bonds is 7. The molecule has 112 valence electrons. The number of benzene rings is 1. The minimum Gasteiger partial charge on any atom is -0.383 e. The number of nitrogens with one attached hydrogen (secondary N) is 1. The fourth-order valence-corrected chi connectivity index (χ4v) is 3.04. The van der Waals surface area contributed by atoms with Gasteiger partial charge in [-0.05, 0) is 23.8 Å². The van der Waals surface area contributed by atoms with Crippen molar-refractivity contribution in [2.45, 2.75) is 16.5 Å².